The van der Waals surface area contributed by atoms with Crippen LogP contribution in [0, 0.1) is 0 Å². The summed E-state index contributed by atoms with van der Waals surface area (Å²) in [5, 5.41) is 6.66. The number of hydrogen-bond donors (Lipinski definition) is 1. The van der Waals surface area contributed by atoms with E-state index >= 15 is 0 Å². The number of nitrogens with zero attached hydrogens (tertiary/aromatic N) is 2. The lowest BCUT2D eigenvalue weighted by atomic mass is 10.2. The first kappa shape index (κ1) is 9.12. The maximum Gasteiger partial charge on any atom is 0.107 e. The minimum atomic E-state index is 0.637. The third-order valence-corrected chi connectivity index (χ3v) is 3.23. The quantitative estimate of drug-likeness (QED) is 0.764. The van der Waals surface area contributed by atoms with Crippen LogP contribution >= 0.6 is 11.3 Å². The van der Waals surface area contributed by atoms with Crippen molar-refractivity contribution in [3.8, 4) is 0 Å². The third kappa shape index (κ3) is 2.27. The van der Waals surface area contributed by atoms with E-state index in [4.69, 9.17) is 0 Å². The van der Waals surface area contributed by atoms with Gasteiger partial charge in [-0.05, 0) is 6.92 Å². The summed E-state index contributed by atoms with van der Waals surface area (Å²) in [5.74, 6) is 0. The molecule has 4 heteroatoms. The standard InChI is InChI=1S/C9H15N3S/c1-8-6-10-2-4-12(8)7-9-11-3-5-13-9/h3,5,8,10H,2,4,6-7H2,1H3/t8-/m1/s1. The predicted molar refractivity (Wildman–Crippen MR) is 54.9 cm³/mol. The summed E-state index contributed by atoms with van der Waals surface area (Å²) in [6, 6.07) is 0.637. The van der Waals surface area contributed by atoms with E-state index in [-0.39, 0.29) is 0 Å². The van der Waals surface area contributed by atoms with Gasteiger partial charge in [-0.25, -0.2) is 4.98 Å². The highest BCUT2D eigenvalue weighted by molar-refractivity contribution is 7.09. The van der Waals surface area contributed by atoms with Gasteiger partial charge >= 0.3 is 0 Å². The van der Waals surface area contributed by atoms with Gasteiger partial charge in [0.05, 0.1) is 6.54 Å². The van der Waals surface area contributed by atoms with E-state index in [0.717, 1.165) is 26.2 Å². The average molecular weight is 197 g/mol. The summed E-state index contributed by atoms with van der Waals surface area (Å²) in [6.07, 6.45) is 1.88. The van der Waals surface area contributed by atoms with Crippen molar-refractivity contribution in [2.75, 3.05) is 19.6 Å². The van der Waals surface area contributed by atoms with Crippen molar-refractivity contribution in [2.45, 2.75) is 19.5 Å². The van der Waals surface area contributed by atoms with Gasteiger partial charge in [0.25, 0.3) is 0 Å². The Hall–Kier alpha value is -0.450. The lowest BCUT2D eigenvalue weighted by molar-refractivity contribution is 0.165. The molecule has 1 saturated heterocycles. The van der Waals surface area contributed by atoms with Gasteiger partial charge in [0.15, 0.2) is 0 Å². The lowest BCUT2D eigenvalue weighted by Crippen LogP contribution is -2.49. The van der Waals surface area contributed by atoms with Gasteiger partial charge in [0, 0.05) is 37.3 Å². The Bertz CT molecular complexity index is 247. The van der Waals surface area contributed by atoms with Crippen molar-refractivity contribution in [3.63, 3.8) is 0 Å². The highest BCUT2D eigenvalue weighted by Crippen LogP contribution is 2.11. The molecular formula is C9H15N3S. The Balaban J connectivity index is 1.93. The van der Waals surface area contributed by atoms with Gasteiger partial charge in [-0.2, -0.15) is 0 Å². The SMILES string of the molecule is C[C@@H]1CNCCN1Cc1nccs1. The normalized spacial score (nSPS) is 24.8. The number of hydrogen-bond acceptors (Lipinski definition) is 4. The molecule has 0 aliphatic carbocycles. The van der Waals surface area contributed by atoms with Gasteiger partial charge in [-0.15, -0.1) is 11.3 Å². The first-order valence-corrected chi connectivity index (χ1v) is 5.57. The molecule has 1 atom stereocenters. The molecule has 2 rings (SSSR count). The molecule has 0 bridgehead atoms. The number of piperazine rings is 1. The predicted octanol–water partition coefficient (Wildman–Crippen LogP) is 0.937. The second kappa shape index (κ2) is 4.17. The first-order chi connectivity index (χ1) is 6.36. The Morgan fingerprint density at radius 2 is 2.69 bits per heavy atom. The van der Waals surface area contributed by atoms with Crippen LogP contribution < -0.4 is 5.32 Å². The summed E-state index contributed by atoms with van der Waals surface area (Å²) >= 11 is 1.75. The molecule has 13 heavy (non-hydrogen) atoms. The summed E-state index contributed by atoms with van der Waals surface area (Å²) in [5.41, 5.74) is 0. The van der Waals surface area contributed by atoms with Crippen LogP contribution in [0.25, 0.3) is 0 Å². The van der Waals surface area contributed by atoms with Crippen LogP contribution in [0.4, 0.5) is 0 Å². The largest absolute Gasteiger partial charge is 0.314 e. The van der Waals surface area contributed by atoms with Crippen molar-refractivity contribution in [2.24, 2.45) is 0 Å². The zero-order valence-electron chi connectivity index (χ0n) is 7.86. The van der Waals surface area contributed by atoms with E-state index in [2.05, 4.69) is 22.1 Å². The first-order valence-electron chi connectivity index (χ1n) is 4.69. The Morgan fingerprint density at radius 3 is 3.38 bits per heavy atom. The molecule has 1 fully saturated rings. The molecule has 2 heterocycles. The van der Waals surface area contributed by atoms with Crippen molar-refractivity contribution in [1.82, 2.24) is 15.2 Å². The fraction of sp³-hybridized carbons (Fsp3) is 0.667. The summed E-state index contributed by atoms with van der Waals surface area (Å²) in [7, 11) is 0. The summed E-state index contributed by atoms with van der Waals surface area (Å²) in [4.78, 5) is 6.78. The fourth-order valence-corrected chi connectivity index (χ4v) is 2.26. The highest BCUT2D eigenvalue weighted by atomic mass is 32.1. The highest BCUT2D eigenvalue weighted by Gasteiger charge is 2.18. The Morgan fingerprint density at radius 1 is 1.77 bits per heavy atom. The smallest absolute Gasteiger partial charge is 0.107 e. The number of aromatic nitrogens is 1. The molecular weight excluding hydrogens is 182 g/mol. The number of thiazole rings is 1. The second-order valence-corrected chi connectivity index (χ2v) is 4.43. The molecule has 1 aliphatic rings. The maximum absolute atomic E-state index is 4.30. The molecule has 0 spiro atoms. The molecule has 0 aromatic carbocycles. The summed E-state index contributed by atoms with van der Waals surface area (Å²) in [6.45, 7) is 6.63. The van der Waals surface area contributed by atoms with Crippen LogP contribution in [0.3, 0.4) is 0 Å². The van der Waals surface area contributed by atoms with E-state index in [1.54, 1.807) is 11.3 Å². The Kier molecular flexibility index (Phi) is 2.93. The molecule has 0 unspecified atom stereocenters. The zero-order valence-corrected chi connectivity index (χ0v) is 8.68. The molecule has 3 nitrogen and oxygen atoms in total. The van der Waals surface area contributed by atoms with E-state index in [9.17, 15) is 0 Å². The zero-order chi connectivity index (χ0) is 9.10. The van der Waals surface area contributed by atoms with Gasteiger partial charge in [0.2, 0.25) is 0 Å². The van der Waals surface area contributed by atoms with Crippen molar-refractivity contribution in [3.05, 3.63) is 16.6 Å². The molecule has 1 aliphatic heterocycles. The van der Waals surface area contributed by atoms with E-state index < -0.39 is 0 Å². The number of rotatable bonds is 2. The monoisotopic (exact) mass is 197 g/mol. The van der Waals surface area contributed by atoms with Crippen LogP contribution in [0.15, 0.2) is 11.6 Å². The van der Waals surface area contributed by atoms with Gasteiger partial charge in [-0.1, -0.05) is 0 Å². The average Bonchev–Trinajstić information content (AvgIpc) is 2.61. The maximum atomic E-state index is 4.30. The van der Waals surface area contributed by atoms with Crippen molar-refractivity contribution >= 4 is 11.3 Å². The summed E-state index contributed by atoms with van der Waals surface area (Å²) < 4.78 is 0. The van der Waals surface area contributed by atoms with Crippen LogP contribution in [-0.4, -0.2) is 35.6 Å². The third-order valence-electron chi connectivity index (χ3n) is 2.46. The lowest BCUT2D eigenvalue weighted by Gasteiger charge is -2.33. The minimum absolute atomic E-state index is 0.637. The molecule has 0 radical (unpaired) electrons. The number of nitrogens with one attached hydrogen (secondary N) is 1. The molecule has 1 aromatic rings. The molecule has 1 N–H and O–H groups in total. The molecule has 1 aromatic heterocycles. The van der Waals surface area contributed by atoms with Crippen LogP contribution in [0.5, 0.6) is 0 Å². The Labute approximate surface area is 82.8 Å². The van der Waals surface area contributed by atoms with Crippen LogP contribution in [0.2, 0.25) is 0 Å². The van der Waals surface area contributed by atoms with Gasteiger partial charge in [-0.3, -0.25) is 4.90 Å². The topological polar surface area (TPSA) is 28.2 Å². The molecule has 72 valence electrons. The molecule has 0 saturated carbocycles. The van der Waals surface area contributed by atoms with Gasteiger partial charge < -0.3 is 5.32 Å². The van der Waals surface area contributed by atoms with E-state index in [1.165, 1.54) is 5.01 Å². The minimum Gasteiger partial charge on any atom is -0.314 e. The van der Waals surface area contributed by atoms with Crippen molar-refractivity contribution < 1.29 is 0 Å². The van der Waals surface area contributed by atoms with Gasteiger partial charge in [0.1, 0.15) is 5.01 Å². The van der Waals surface area contributed by atoms with E-state index in [0.29, 0.717) is 6.04 Å². The van der Waals surface area contributed by atoms with E-state index in [1.807, 2.05) is 11.6 Å². The molecule has 0 amide bonds. The fourth-order valence-electron chi connectivity index (χ4n) is 1.62. The second-order valence-electron chi connectivity index (χ2n) is 3.45. The van der Waals surface area contributed by atoms with Crippen LogP contribution in [0.1, 0.15) is 11.9 Å². The van der Waals surface area contributed by atoms with Crippen molar-refractivity contribution in [1.29, 1.82) is 0 Å². The van der Waals surface area contributed by atoms with Crippen LogP contribution in [-0.2, 0) is 6.54 Å².